The zero-order valence-corrected chi connectivity index (χ0v) is 9.45. The minimum absolute atomic E-state index is 0.0472. The van der Waals surface area contributed by atoms with E-state index in [2.05, 4.69) is 21.0 Å². The van der Waals surface area contributed by atoms with E-state index in [0.29, 0.717) is 5.82 Å². The molecular formula is C10H17N5O. The Balaban J connectivity index is 2.45. The third-order valence-corrected chi connectivity index (χ3v) is 1.81. The maximum absolute atomic E-state index is 11.4. The summed E-state index contributed by atoms with van der Waals surface area (Å²) in [6.07, 6.45) is 1.61. The van der Waals surface area contributed by atoms with Gasteiger partial charge in [0.05, 0.1) is 6.54 Å². The van der Waals surface area contributed by atoms with Crippen molar-refractivity contribution in [3.8, 4) is 0 Å². The average Bonchev–Trinajstić information content (AvgIpc) is 2.26. The van der Waals surface area contributed by atoms with Crippen LogP contribution in [-0.4, -0.2) is 23.5 Å². The second kappa shape index (κ2) is 5.92. The molecule has 0 aliphatic carbocycles. The molecule has 0 aliphatic heterocycles. The van der Waals surface area contributed by atoms with Crippen LogP contribution in [0, 0.1) is 0 Å². The van der Waals surface area contributed by atoms with Crippen molar-refractivity contribution in [1.82, 2.24) is 10.3 Å². The van der Waals surface area contributed by atoms with Gasteiger partial charge in [-0.1, -0.05) is 0 Å². The van der Waals surface area contributed by atoms with E-state index in [1.807, 2.05) is 13.8 Å². The lowest BCUT2D eigenvalue weighted by atomic mass is 10.3. The van der Waals surface area contributed by atoms with Gasteiger partial charge >= 0.3 is 0 Å². The number of anilines is 2. The molecule has 1 rings (SSSR count). The molecule has 0 radical (unpaired) electrons. The van der Waals surface area contributed by atoms with Gasteiger partial charge < -0.3 is 16.1 Å². The number of nitrogens with two attached hydrogens (primary N) is 1. The molecule has 0 fully saturated rings. The van der Waals surface area contributed by atoms with E-state index in [1.54, 1.807) is 18.3 Å². The molecule has 0 aliphatic rings. The number of carbonyl (C=O) groups excluding carboxylic acids is 1. The first kappa shape index (κ1) is 12.3. The van der Waals surface area contributed by atoms with Crippen molar-refractivity contribution in [2.75, 3.05) is 17.3 Å². The summed E-state index contributed by atoms with van der Waals surface area (Å²) in [5.74, 6) is 5.72. The van der Waals surface area contributed by atoms with Crippen LogP contribution in [0.25, 0.3) is 0 Å². The number of hydrazine groups is 1. The molecule has 0 saturated carbocycles. The Morgan fingerprint density at radius 3 is 2.94 bits per heavy atom. The summed E-state index contributed by atoms with van der Waals surface area (Å²) >= 11 is 0. The highest BCUT2D eigenvalue weighted by Crippen LogP contribution is 2.09. The van der Waals surface area contributed by atoms with Crippen LogP contribution in [0.5, 0.6) is 0 Å². The first-order valence-electron chi connectivity index (χ1n) is 5.07. The summed E-state index contributed by atoms with van der Waals surface area (Å²) in [5, 5.41) is 5.76. The number of pyridine rings is 1. The number of hydrogen-bond donors (Lipinski definition) is 4. The van der Waals surface area contributed by atoms with Crippen molar-refractivity contribution in [3.05, 3.63) is 18.3 Å². The normalized spacial score (nSPS) is 10.0. The van der Waals surface area contributed by atoms with Gasteiger partial charge in [0, 0.05) is 24.0 Å². The lowest BCUT2D eigenvalue weighted by molar-refractivity contribution is -0.119. The van der Waals surface area contributed by atoms with Crippen LogP contribution >= 0.6 is 0 Å². The van der Waals surface area contributed by atoms with Gasteiger partial charge in [-0.25, -0.2) is 10.8 Å². The predicted octanol–water partition coefficient (Wildman–Crippen LogP) is 0.304. The van der Waals surface area contributed by atoms with Gasteiger partial charge in [0.25, 0.3) is 0 Å². The highest BCUT2D eigenvalue weighted by atomic mass is 16.1. The lowest BCUT2D eigenvalue weighted by Crippen LogP contribution is -2.34. The molecule has 0 spiro atoms. The fourth-order valence-corrected chi connectivity index (χ4v) is 1.17. The van der Waals surface area contributed by atoms with Gasteiger partial charge in [0.1, 0.15) is 5.82 Å². The molecule has 88 valence electrons. The molecule has 1 heterocycles. The molecule has 6 heteroatoms. The van der Waals surface area contributed by atoms with Crippen molar-refractivity contribution in [1.29, 1.82) is 0 Å². The molecule has 0 saturated heterocycles. The van der Waals surface area contributed by atoms with Crippen molar-refractivity contribution in [3.63, 3.8) is 0 Å². The Bertz CT molecular complexity index is 353. The zero-order valence-electron chi connectivity index (χ0n) is 9.45. The van der Waals surface area contributed by atoms with Gasteiger partial charge in [-0.05, 0) is 19.9 Å². The van der Waals surface area contributed by atoms with E-state index in [9.17, 15) is 4.79 Å². The number of aromatic nitrogens is 1. The standard InChI is InChI=1S/C10H17N5O/c1-7(2)14-10(16)6-13-8-3-4-12-9(5-8)15-11/h3-5,7H,6,11H2,1-2H3,(H,14,16)(H2,12,13,15). The van der Waals surface area contributed by atoms with Crippen LogP contribution in [0.2, 0.25) is 0 Å². The quantitative estimate of drug-likeness (QED) is 0.426. The van der Waals surface area contributed by atoms with Crippen molar-refractivity contribution in [2.45, 2.75) is 19.9 Å². The Hall–Kier alpha value is -1.82. The van der Waals surface area contributed by atoms with Crippen molar-refractivity contribution in [2.24, 2.45) is 5.84 Å². The van der Waals surface area contributed by atoms with E-state index in [-0.39, 0.29) is 18.5 Å². The summed E-state index contributed by atoms with van der Waals surface area (Å²) in [7, 11) is 0. The molecule has 1 amide bonds. The summed E-state index contributed by atoms with van der Waals surface area (Å²) in [6, 6.07) is 3.64. The van der Waals surface area contributed by atoms with Crippen molar-refractivity contribution < 1.29 is 4.79 Å². The fourth-order valence-electron chi connectivity index (χ4n) is 1.17. The van der Waals surface area contributed by atoms with E-state index >= 15 is 0 Å². The predicted molar refractivity (Wildman–Crippen MR) is 63.8 cm³/mol. The molecule has 1 aromatic rings. The Labute approximate surface area is 94.6 Å². The number of hydrogen-bond acceptors (Lipinski definition) is 5. The second-order valence-electron chi connectivity index (χ2n) is 3.65. The molecule has 0 aromatic carbocycles. The van der Waals surface area contributed by atoms with Gasteiger partial charge in [0.15, 0.2) is 0 Å². The minimum Gasteiger partial charge on any atom is -0.376 e. The topological polar surface area (TPSA) is 92.1 Å². The molecule has 6 nitrogen and oxygen atoms in total. The van der Waals surface area contributed by atoms with Crippen LogP contribution in [0.4, 0.5) is 11.5 Å². The SMILES string of the molecule is CC(C)NC(=O)CNc1ccnc(NN)c1. The fraction of sp³-hybridized carbons (Fsp3) is 0.400. The van der Waals surface area contributed by atoms with Crippen LogP contribution in [0.3, 0.4) is 0 Å². The average molecular weight is 223 g/mol. The van der Waals surface area contributed by atoms with E-state index in [4.69, 9.17) is 5.84 Å². The second-order valence-corrected chi connectivity index (χ2v) is 3.65. The molecule has 0 unspecified atom stereocenters. The number of nitrogens with one attached hydrogen (secondary N) is 3. The van der Waals surface area contributed by atoms with Gasteiger partial charge in [0.2, 0.25) is 5.91 Å². The van der Waals surface area contributed by atoms with Gasteiger partial charge in [-0.2, -0.15) is 0 Å². The largest absolute Gasteiger partial charge is 0.376 e. The van der Waals surface area contributed by atoms with Gasteiger partial charge in [-0.3, -0.25) is 4.79 Å². The highest BCUT2D eigenvalue weighted by molar-refractivity contribution is 5.81. The molecule has 0 atom stereocenters. The van der Waals surface area contributed by atoms with Crippen LogP contribution in [-0.2, 0) is 4.79 Å². The third kappa shape index (κ3) is 4.14. The van der Waals surface area contributed by atoms with Crippen LogP contribution in [0.15, 0.2) is 18.3 Å². The maximum Gasteiger partial charge on any atom is 0.239 e. The Morgan fingerprint density at radius 1 is 1.56 bits per heavy atom. The summed E-state index contributed by atoms with van der Waals surface area (Å²) in [5.41, 5.74) is 3.23. The maximum atomic E-state index is 11.4. The van der Waals surface area contributed by atoms with Gasteiger partial charge in [-0.15, -0.1) is 0 Å². The summed E-state index contributed by atoms with van der Waals surface area (Å²) in [6.45, 7) is 4.06. The number of amides is 1. The molecule has 0 bridgehead atoms. The monoisotopic (exact) mass is 223 g/mol. The molecule has 16 heavy (non-hydrogen) atoms. The first-order valence-corrected chi connectivity index (χ1v) is 5.07. The number of nitrogen functional groups attached to an aromatic ring is 1. The first-order chi connectivity index (χ1) is 7.61. The lowest BCUT2D eigenvalue weighted by Gasteiger charge is -2.10. The molecule has 1 aromatic heterocycles. The van der Waals surface area contributed by atoms with Crippen LogP contribution < -0.4 is 21.9 Å². The summed E-state index contributed by atoms with van der Waals surface area (Å²) < 4.78 is 0. The summed E-state index contributed by atoms with van der Waals surface area (Å²) in [4.78, 5) is 15.3. The Morgan fingerprint density at radius 2 is 2.31 bits per heavy atom. The number of rotatable bonds is 5. The highest BCUT2D eigenvalue weighted by Gasteiger charge is 2.02. The van der Waals surface area contributed by atoms with E-state index < -0.39 is 0 Å². The zero-order chi connectivity index (χ0) is 12.0. The third-order valence-electron chi connectivity index (χ3n) is 1.81. The molecular weight excluding hydrogens is 206 g/mol. The smallest absolute Gasteiger partial charge is 0.239 e. The molecule has 5 N–H and O–H groups in total. The van der Waals surface area contributed by atoms with Crippen molar-refractivity contribution >= 4 is 17.4 Å². The van der Waals surface area contributed by atoms with Crippen LogP contribution in [0.1, 0.15) is 13.8 Å². The van der Waals surface area contributed by atoms with E-state index in [0.717, 1.165) is 5.69 Å². The minimum atomic E-state index is -0.0472. The van der Waals surface area contributed by atoms with E-state index in [1.165, 1.54) is 0 Å². The Kier molecular flexibility index (Phi) is 4.53. The number of nitrogens with zero attached hydrogens (tertiary/aromatic N) is 1. The number of carbonyl (C=O) groups is 1.